The van der Waals surface area contributed by atoms with Crippen LogP contribution in [0.4, 0.5) is 0 Å². The molecule has 0 saturated carbocycles. The van der Waals surface area contributed by atoms with Gasteiger partial charge in [-0.25, -0.2) is 0 Å². The summed E-state index contributed by atoms with van der Waals surface area (Å²) in [4.78, 5) is 1.16. The molecule has 0 spiro atoms. The minimum absolute atomic E-state index is 0.165. The third-order valence-electron chi connectivity index (χ3n) is 2.71. The number of hydrogen-bond acceptors (Lipinski definition) is 3. The molecule has 0 saturated heterocycles. The smallest absolute Gasteiger partial charge is 0.125 e. The van der Waals surface area contributed by atoms with Gasteiger partial charge in [0.2, 0.25) is 0 Å². The molecule has 0 aliphatic carbocycles. The zero-order chi connectivity index (χ0) is 12.4. The highest BCUT2D eigenvalue weighted by Gasteiger charge is 2.17. The largest absolute Gasteiger partial charge is 0.496 e. The lowest BCUT2D eigenvalue weighted by atomic mass is 10.0. The van der Waals surface area contributed by atoms with Crippen LogP contribution in [0.25, 0.3) is 0 Å². The van der Waals surface area contributed by atoms with Crippen LogP contribution in [0.3, 0.4) is 0 Å². The van der Waals surface area contributed by atoms with Gasteiger partial charge in [0.1, 0.15) is 5.75 Å². The summed E-state index contributed by atoms with van der Waals surface area (Å²) in [5.41, 5.74) is 8.44. The Hall–Kier alpha value is -1.03. The normalized spacial score (nSPS) is 12.5. The van der Waals surface area contributed by atoms with E-state index in [0.29, 0.717) is 5.02 Å². The maximum atomic E-state index is 6.28. The first-order valence-corrected chi connectivity index (χ1v) is 6.52. The molecule has 1 aromatic carbocycles. The van der Waals surface area contributed by atoms with Crippen LogP contribution in [0.15, 0.2) is 29.6 Å². The van der Waals surface area contributed by atoms with Gasteiger partial charge in [0.05, 0.1) is 13.2 Å². The molecule has 4 heteroatoms. The Morgan fingerprint density at radius 1 is 1.35 bits per heavy atom. The number of ether oxygens (including phenoxy) is 1. The van der Waals surface area contributed by atoms with Gasteiger partial charge in [-0.2, -0.15) is 0 Å². The van der Waals surface area contributed by atoms with Gasteiger partial charge in [0.25, 0.3) is 0 Å². The van der Waals surface area contributed by atoms with Crippen LogP contribution in [0.1, 0.15) is 22.0 Å². The minimum Gasteiger partial charge on any atom is -0.496 e. The highest BCUT2D eigenvalue weighted by molar-refractivity contribution is 7.10. The van der Waals surface area contributed by atoms with Crippen molar-refractivity contribution in [3.05, 3.63) is 50.7 Å². The van der Waals surface area contributed by atoms with Crippen LogP contribution >= 0.6 is 22.9 Å². The number of rotatable bonds is 3. The van der Waals surface area contributed by atoms with E-state index in [4.69, 9.17) is 22.1 Å². The average molecular weight is 268 g/mol. The SMILES string of the molecule is COc1cc(Cl)ccc1C(N)c1sccc1C. The molecule has 1 aromatic heterocycles. The summed E-state index contributed by atoms with van der Waals surface area (Å²) in [5.74, 6) is 0.734. The lowest BCUT2D eigenvalue weighted by Gasteiger charge is -2.15. The van der Waals surface area contributed by atoms with E-state index in [9.17, 15) is 0 Å². The Morgan fingerprint density at radius 3 is 2.71 bits per heavy atom. The predicted octanol–water partition coefficient (Wildman–Crippen LogP) is 3.77. The summed E-state index contributed by atoms with van der Waals surface area (Å²) in [7, 11) is 1.63. The van der Waals surface area contributed by atoms with Gasteiger partial charge >= 0.3 is 0 Å². The van der Waals surface area contributed by atoms with Crippen molar-refractivity contribution in [1.29, 1.82) is 0 Å². The van der Waals surface area contributed by atoms with E-state index >= 15 is 0 Å². The van der Waals surface area contributed by atoms with E-state index in [-0.39, 0.29) is 6.04 Å². The predicted molar refractivity (Wildman–Crippen MR) is 73.1 cm³/mol. The maximum absolute atomic E-state index is 6.28. The van der Waals surface area contributed by atoms with E-state index in [2.05, 4.69) is 13.0 Å². The molecule has 0 fully saturated rings. The Bertz CT molecular complexity index is 524. The summed E-state index contributed by atoms with van der Waals surface area (Å²) >= 11 is 7.60. The van der Waals surface area contributed by atoms with Gasteiger partial charge in [-0.3, -0.25) is 0 Å². The summed E-state index contributed by atoms with van der Waals surface area (Å²) in [6.45, 7) is 2.06. The van der Waals surface area contributed by atoms with E-state index in [1.807, 2.05) is 17.5 Å². The van der Waals surface area contributed by atoms with Crippen LogP contribution in [-0.2, 0) is 0 Å². The fourth-order valence-electron chi connectivity index (χ4n) is 1.79. The lowest BCUT2D eigenvalue weighted by molar-refractivity contribution is 0.408. The fraction of sp³-hybridized carbons (Fsp3) is 0.231. The molecule has 0 aliphatic heterocycles. The molecule has 90 valence electrons. The number of benzene rings is 1. The molecule has 0 radical (unpaired) electrons. The molecular weight excluding hydrogens is 254 g/mol. The van der Waals surface area contributed by atoms with Crippen molar-refractivity contribution >= 4 is 22.9 Å². The van der Waals surface area contributed by atoms with E-state index in [1.54, 1.807) is 24.5 Å². The van der Waals surface area contributed by atoms with Crippen LogP contribution in [-0.4, -0.2) is 7.11 Å². The van der Waals surface area contributed by atoms with Gasteiger partial charge in [-0.05, 0) is 36.1 Å². The Balaban J connectivity index is 2.44. The number of nitrogens with two attached hydrogens (primary N) is 1. The van der Waals surface area contributed by atoms with Crippen LogP contribution in [0, 0.1) is 6.92 Å². The van der Waals surface area contributed by atoms with Crippen molar-refractivity contribution in [1.82, 2.24) is 0 Å². The monoisotopic (exact) mass is 267 g/mol. The lowest BCUT2D eigenvalue weighted by Crippen LogP contribution is -2.12. The second-order valence-electron chi connectivity index (χ2n) is 3.83. The van der Waals surface area contributed by atoms with Crippen LogP contribution in [0.5, 0.6) is 5.75 Å². The molecule has 2 rings (SSSR count). The molecule has 2 N–H and O–H groups in total. The number of hydrogen-bond donors (Lipinski definition) is 1. The summed E-state index contributed by atoms with van der Waals surface area (Å²) < 4.78 is 5.33. The van der Waals surface area contributed by atoms with Crippen molar-refractivity contribution < 1.29 is 4.74 Å². The van der Waals surface area contributed by atoms with Crippen molar-refractivity contribution in [2.24, 2.45) is 5.73 Å². The third-order valence-corrected chi connectivity index (χ3v) is 4.05. The molecule has 1 heterocycles. The standard InChI is InChI=1S/C13H14ClNOS/c1-8-5-6-17-13(8)12(15)10-4-3-9(14)7-11(10)16-2/h3-7,12H,15H2,1-2H3. The molecule has 17 heavy (non-hydrogen) atoms. The van der Waals surface area contributed by atoms with Crippen LogP contribution in [0.2, 0.25) is 5.02 Å². The Labute approximate surface area is 110 Å². The molecule has 1 unspecified atom stereocenters. The zero-order valence-corrected chi connectivity index (χ0v) is 11.3. The summed E-state index contributed by atoms with van der Waals surface area (Å²) in [6.07, 6.45) is 0. The zero-order valence-electron chi connectivity index (χ0n) is 9.74. The van der Waals surface area contributed by atoms with Crippen LogP contribution < -0.4 is 10.5 Å². The van der Waals surface area contributed by atoms with E-state index in [1.165, 1.54) is 5.56 Å². The molecule has 2 aromatic rings. The van der Waals surface area contributed by atoms with Crippen molar-refractivity contribution in [2.75, 3.05) is 7.11 Å². The van der Waals surface area contributed by atoms with E-state index < -0.39 is 0 Å². The van der Waals surface area contributed by atoms with Gasteiger partial charge in [-0.15, -0.1) is 11.3 Å². The van der Waals surface area contributed by atoms with Crippen molar-refractivity contribution in [3.63, 3.8) is 0 Å². The number of thiophene rings is 1. The highest BCUT2D eigenvalue weighted by Crippen LogP contribution is 2.34. The fourth-order valence-corrected chi connectivity index (χ4v) is 2.89. The maximum Gasteiger partial charge on any atom is 0.125 e. The first-order chi connectivity index (χ1) is 8.13. The first kappa shape index (κ1) is 12.4. The molecule has 1 atom stereocenters. The molecule has 0 amide bonds. The molecule has 2 nitrogen and oxygen atoms in total. The summed E-state index contributed by atoms with van der Waals surface area (Å²) in [5, 5.41) is 2.70. The van der Waals surface area contributed by atoms with Gasteiger partial charge in [-0.1, -0.05) is 17.7 Å². The highest BCUT2D eigenvalue weighted by atomic mass is 35.5. The second-order valence-corrected chi connectivity index (χ2v) is 5.22. The van der Waals surface area contributed by atoms with Gasteiger partial charge in [0.15, 0.2) is 0 Å². The first-order valence-electron chi connectivity index (χ1n) is 5.26. The number of halogens is 1. The number of methoxy groups -OCH3 is 1. The Morgan fingerprint density at radius 2 is 2.12 bits per heavy atom. The topological polar surface area (TPSA) is 35.2 Å². The van der Waals surface area contributed by atoms with Crippen molar-refractivity contribution in [3.8, 4) is 5.75 Å². The molecule has 0 aliphatic rings. The summed E-state index contributed by atoms with van der Waals surface area (Å²) in [6, 6.07) is 7.46. The molecule has 0 bridgehead atoms. The minimum atomic E-state index is -0.165. The van der Waals surface area contributed by atoms with Gasteiger partial charge in [0, 0.05) is 15.5 Å². The van der Waals surface area contributed by atoms with Gasteiger partial charge < -0.3 is 10.5 Å². The Kier molecular flexibility index (Phi) is 3.72. The van der Waals surface area contributed by atoms with Crippen molar-refractivity contribution in [2.45, 2.75) is 13.0 Å². The average Bonchev–Trinajstić information content (AvgIpc) is 2.74. The van der Waals surface area contributed by atoms with E-state index in [0.717, 1.165) is 16.2 Å². The quantitative estimate of drug-likeness (QED) is 0.919. The number of aryl methyl sites for hydroxylation is 1. The third kappa shape index (κ3) is 2.46. The molecular formula is C13H14ClNOS. The second kappa shape index (κ2) is 5.08.